The molecular weight excluding hydrogens is 458 g/mol. The summed E-state index contributed by atoms with van der Waals surface area (Å²) in [6, 6.07) is 29.7. The molecule has 1 aliphatic heterocycles. The van der Waals surface area contributed by atoms with Crippen LogP contribution >= 0.6 is 0 Å². The number of azide groups is 1. The molecule has 0 saturated carbocycles. The number of hydrogen-bond acceptors (Lipinski definition) is 6. The van der Waals surface area contributed by atoms with Crippen LogP contribution in [0.4, 0.5) is 0 Å². The first-order chi connectivity index (χ1) is 17.8. The molecule has 5 atom stereocenters. The molecule has 8 heteroatoms. The molecule has 0 bridgehead atoms. The first-order valence-electron chi connectivity index (χ1n) is 11.9. The van der Waals surface area contributed by atoms with E-state index < -0.39 is 30.7 Å². The van der Waals surface area contributed by atoms with E-state index in [1.807, 2.05) is 91.0 Å². The van der Waals surface area contributed by atoms with Gasteiger partial charge < -0.3 is 23.7 Å². The van der Waals surface area contributed by atoms with Gasteiger partial charge in [-0.1, -0.05) is 96.1 Å². The molecule has 36 heavy (non-hydrogen) atoms. The van der Waals surface area contributed by atoms with E-state index in [-0.39, 0.29) is 6.54 Å². The first kappa shape index (κ1) is 25.9. The van der Waals surface area contributed by atoms with Crippen molar-refractivity contribution in [3.05, 3.63) is 118 Å². The molecule has 0 aromatic heterocycles. The van der Waals surface area contributed by atoms with Crippen LogP contribution < -0.4 is 0 Å². The van der Waals surface area contributed by atoms with E-state index in [4.69, 9.17) is 29.2 Å². The molecular formula is C28H31N3O5. The zero-order valence-corrected chi connectivity index (χ0v) is 20.3. The third-order valence-electron chi connectivity index (χ3n) is 6.00. The summed E-state index contributed by atoms with van der Waals surface area (Å²) in [5.74, 6) is 0. The van der Waals surface area contributed by atoms with Crippen molar-refractivity contribution in [1.29, 1.82) is 0 Å². The van der Waals surface area contributed by atoms with Crippen molar-refractivity contribution in [2.24, 2.45) is 5.11 Å². The standard InChI is InChI=1S/C28H31N3O5/c1-32-28-27(35-20-23-15-9-4-10-16-23)26(34-19-22-13-7-3-8-14-22)25(24(36-28)17-30-31-29)33-18-21-11-5-2-6-12-21/h2-16,24-28H,17-20H2,1H3/t24-,25+,26+,27-,28+/m1/s1. The van der Waals surface area contributed by atoms with Crippen LogP contribution in [0.25, 0.3) is 10.4 Å². The maximum absolute atomic E-state index is 8.97. The summed E-state index contributed by atoms with van der Waals surface area (Å²) in [4.78, 5) is 2.92. The van der Waals surface area contributed by atoms with Crippen LogP contribution in [-0.4, -0.2) is 44.4 Å². The normalized spacial score (nSPS) is 23.6. The average Bonchev–Trinajstić information content (AvgIpc) is 2.94. The molecule has 0 aliphatic carbocycles. The Bertz CT molecular complexity index is 1080. The Morgan fingerprint density at radius 3 is 1.58 bits per heavy atom. The molecule has 4 rings (SSSR count). The Balaban J connectivity index is 1.60. The summed E-state index contributed by atoms with van der Waals surface area (Å²) >= 11 is 0. The molecule has 1 fully saturated rings. The Hall–Kier alpha value is -3.23. The molecule has 0 N–H and O–H groups in total. The molecule has 1 saturated heterocycles. The lowest BCUT2D eigenvalue weighted by atomic mass is 9.97. The van der Waals surface area contributed by atoms with Crippen LogP contribution in [0.2, 0.25) is 0 Å². The van der Waals surface area contributed by atoms with Crippen molar-refractivity contribution < 1.29 is 23.7 Å². The topological polar surface area (TPSA) is 94.9 Å². The van der Waals surface area contributed by atoms with E-state index in [0.29, 0.717) is 19.8 Å². The lowest BCUT2D eigenvalue weighted by Gasteiger charge is -2.45. The highest BCUT2D eigenvalue weighted by atomic mass is 16.7. The third kappa shape index (κ3) is 7.15. The lowest BCUT2D eigenvalue weighted by Crippen LogP contribution is -2.61. The molecule has 1 heterocycles. The molecule has 0 radical (unpaired) electrons. The Morgan fingerprint density at radius 1 is 0.694 bits per heavy atom. The molecule has 0 spiro atoms. The van der Waals surface area contributed by atoms with Crippen molar-refractivity contribution in [3.63, 3.8) is 0 Å². The number of methoxy groups -OCH3 is 1. The summed E-state index contributed by atoms with van der Waals surface area (Å²) in [6.45, 7) is 1.13. The molecule has 188 valence electrons. The third-order valence-corrected chi connectivity index (χ3v) is 6.00. The smallest absolute Gasteiger partial charge is 0.186 e. The molecule has 1 aliphatic rings. The van der Waals surface area contributed by atoms with Crippen molar-refractivity contribution in [1.82, 2.24) is 0 Å². The van der Waals surface area contributed by atoms with Crippen LogP contribution in [-0.2, 0) is 43.5 Å². The second kappa shape index (κ2) is 13.8. The fourth-order valence-electron chi connectivity index (χ4n) is 4.20. The van der Waals surface area contributed by atoms with Gasteiger partial charge in [0.1, 0.15) is 18.3 Å². The van der Waals surface area contributed by atoms with Crippen LogP contribution in [0, 0.1) is 0 Å². The average molecular weight is 490 g/mol. The fraction of sp³-hybridized carbons (Fsp3) is 0.357. The molecule has 8 nitrogen and oxygen atoms in total. The monoisotopic (exact) mass is 489 g/mol. The van der Waals surface area contributed by atoms with Crippen molar-refractivity contribution in [3.8, 4) is 0 Å². The van der Waals surface area contributed by atoms with Gasteiger partial charge in [-0.25, -0.2) is 0 Å². The minimum atomic E-state index is -0.732. The fourth-order valence-corrected chi connectivity index (χ4v) is 4.20. The zero-order chi connectivity index (χ0) is 25.0. The predicted molar refractivity (Wildman–Crippen MR) is 135 cm³/mol. The summed E-state index contributed by atoms with van der Waals surface area (Å²) < 4.78 is 31.1. The largest absolute Gasteiger partial charge is 0.368 e. The van der Waals surface area contributed by atoms with E-state index >= 15 is 0 Å². The number of hydrogen-bond donors (Lipinski definition) is 0. The highest BCUT2D eigenvalue weighted by molar-refractivity contribution is 5.15. The summed E-state index contributed by atoms with van der Waals surface area (Å²) in [6.07, 6.45) is -3.00. The lowest BCUT2D eigenvalue weighted by molar-refractivity contribution is -0.315. The minimum Gasteiger partial charge on any atom is -0.368 e. The number of benzene rings is 3. The van der Waals surface area contributed by atoms with E-state index in [2.05, 4.69) is 10.0 Å². The van der Waals surface area contributed by atoms with Crippen LogP contribution in [0.5, 0.6) is 0 Å². The zero-order valence-electron chi connectivity index (χ0n) is 20.3. The molecule has 3 aromatic carbocycles. The van der Waals surface area contributed by atoms with Gasteiger partial charge in [0, 0.05) is 12.0 Å². The quantitative estimate of drug-likeness (QED) is 0.192. The van der Waals surface area contributed by atoms with Crippen molar-refractivity contribution in [2.45, 2.75) is 50.5 Å². The van der Waals surface area contributed by atoms with Gasteiger partial charge in [-0.3, -0.25) is 0 Å². The Labute approximate surface area is 211 Å². The van der Waals surface area contributed by atoms with Crippen LogP contribution in [0.3, 0.4) is 0 Å². The molecule has 0 unspecified atom stereocenters. The first-order valence-corrected chi connectivity index (χ1v) is 11.9. The van der Waals surface area contributed by atoms with Crippen molar-refractivity contribution >= 4 is 0 Å². The minimum absolute atomic E-state index is 0.0758. The van der Waals surface area contributed by atoms with E-state index in [1.54, 1.807) is 7.11 Å². The SMILES string of the molecule is CO[C@H]1O[C@H](CN=[N+]=[N-])[C@H](OCc2ccccc2)[C@H](OCc2ccccc2)[C@H]1OCc1ccccc1. The van der Waals surface area contributed by atoms with Gasteiger partial charge in [-0.2, -0.15) is 0 Å². The Kier molecular flexibility index (Phi) is 9.87. The van der Waals surface area contributed by atoms with E-state index in [9.17, 15) is 0 Å². The maximum Gasteiger partial charge on any atom is 0.186 e. The summed E-state index contributed by atoms with van der Waals surface area (Å²) in [7, 11) is 1.56. The van der Waals surface area contributed by atoms with Gasteiger partial charge in [-0.15, -0.1) is 0 Å². The van der Waals surface area contributed by atoms with E-state index in [1.165, 1.54) is 0 Å². The van der Waals surface area contributed by atoms with Gasteiger partial charge in [0.05, 0.1) is 32.5 Å². The van der Waals surface area contributed by atoms with Gasteiger partial charge in [0.25, 0.3) is 0 Å². The highest BCUT2D eigenvalue weighted by Gasteiger charge is 2.48. The predicted octanol–water partition coefficient (Wildman–Crippen LogP) is 5.42. The van der Waals surface area contributed by atoms with Gasteiger partial charge in [-0.05, 0) is 22.2 Å². The maximum atomic E-state index is 8.97. The summed E-state index contributed by atoms with van der Waals surface area (Å²) in [5.41, 5.74) is 12.0. The number of rotatable bonds is 12. The second-order valence-electron chi connectivity index (χ2n) is 8.48. The van der Waals surface area contributed by atoms with Gasteiger partial charge in [0.15, 0.2) is 6.29 Å². The van der Waals surface area contributed by atoms with Crippen LogP contribution in [0.15, 0.2) is 96.1 Å². The number of nitrogens with zero attached hydrogens (tertiary/aromatic N) is 3. The molecule has 0 amide bonds. The van der Waals surface area contributed by atoms with Crippen LogP contribution in [0.1, 0.15) is 16.7 Å². The van der Waals surface area contributed by atoms with E-state index in [0.717, 1.165) is 16.7 Å². The van der Waals surface area contributed by atoms with Gasteiger partial charge in [0.2, 0.25) is 0 Å². The molecule has 3 aromatic rings. The van der Waals surface area contributed by atoms with Crippen molar-refractivity contribution in [2.75, 3.05) is 13.7 Å². The van der Waals surface area contributed by atoms with Gasteiger partial charge >= 0.3 is 0 Å². The number of ether oxygens (including phenoxy) is 5. The summed E-state index contributed by atoms with van der Waals surface area (Å²) in [5, 5.41) is 3.76. The second-order valence-corrected chi connectivity index (χ2v) is 8.48. The Morgan fingerprint density at radius 2 is 1.14 bits per heavy atom. The highest BCUT2D eigenvalue weighted by Crippen LogP contribution is 2.31.